The Labute approximate surface area is 103 Å². The van der Waals surface area contributed by atoms with Crippen LogP contribution in [-0.4, -0.2) is 37.9 Å². The van der Waals surface area contributed by atoms with Crippen molar-refractivity contribution in [3.63, 3.8) is 0 Å². The molecule has 0 heterocycles. The van der Waals surface area contributed by atoms with Crippen LogP contribution in [0.3, 0.4) is 0 Å². The molecule has 0 aromatic heterocycles. The van der Waals surface area contributed by atoms with Crippen LogP contribution in [0.1, 0.15) is 18.9 Å². The van der Waals surface area contributed by atoms with E-state index >= 15 is 0 Å². The molecule has 0 saturated carbocycles. The minimum atomic E-state index is 0.233. The van der Waals surface area contributed by atoms with Crippen molar-refractivity contribution < 1.29 is 9.53 Å². The number of hydrogen-bond acceptors (Lipinski definition) is 3. The fourth-order valence-electron chi connectivity index (χ4n) is 1.42. The molecule has 3 nitrogen and oxygen atoms in total. The van der Waals surface area contributed by atoms with Gasteiger partial charge < -0.3 is 14.4 Å². The van der Waals surface area contributed by atoms with E-state index in [1.165, 1.54) is 5.56 Å². The van der Waals surface area contributed by atoms with Gasteiger partial charge in [-0.25, -0.2) is 0 Å². The molecule has 0 unspecified atom stereocenters. The number of hydrogen-bond donors (Lipinski definition) is 0. The van der Waals surface area contributed by atoms with Gasteiger partial charge in [0.25, 0.3) is 0 Å². The van der Waals surface area contributed by atoms with Gasteiger partial charge in [0.2, 0.25) is 0 Å². The third-order valence-corrected chi connectivity index (χ3v) is 2.50. The van der Waals surface area contributed by atoms with Gasteiger partial charge in [0.05, 0.1) is 0 Å². The maximum atomic E-state index is 10.9. The van der Waals surface area contributed by atoms with Gasteiger partial charge in [0.15, 0.2) is 0 Å². The summed E-state index contributed by atoms with van der Waals surface area (Å²) in [5.41, 5.74) is 1.18. The van der Waals surface area contributed by atoms with Gasteiger partial charge in [-0.2, -0.15) is 0 Å². The van der Waals surface area contributed by atoms with E-state index < -0.39 is 0 Å². The molecule has 17 heavy (non-hydrogen) atoms. The van der Waals surface area contributed by atoms with Gasteiger partial charge in [-0.1, -0.05) is 12.1 Å². The van der Waals surface area contributed by atoms with Crippen molar-refractivity contribution in [3.05, 3.63) is 29.8 Å². The highest BCUT2D eigenvalue weighted by atomic mass is 16.5. The fraction of sp³-hybridized carbons (Fsp3) is 0.500. The van der Waals surface area contributed by atoms with E-state index in [-0.39, 0.29) is 5.78 Å². The average Bonchev–Trinajstić information content (AvgIpc) is 2.27. The van der Waals surface area contributed by atoms with E-state index in [0.29, 0.717) is 13.0 Å². The Hall–Kier alpha value is -1.35. The smallest absolute Gasteiger partial charge is 0.130 e. The maximum absolute atomic E-state index is 10.9. The predicted molar refractivity (Wildman–Crippen MR) is 69.5 cm³/mol. The number of Topliss-reactive ketones (excluding diaryl/α,β-unsaturated/α-hetero) is 1. The summed E-state index contributed by atoms with van der Waals surface area (Å²) in [7, 11) is 4.04. The van der Waals surface area contributed by atoms with Gasteiger partial charge in [0.1, 0.15) is 18.1 Å². The third kappa shape index (κ3) is 6.07. The van der Waals surface area contributed by atoms with Crippen molar-refractivity contribution >= 4 is 5.78 Å². The Morgan fingerprint density at radius 3 is 2.41 bits per heavy atom. The second-order valence-electron chi connectivity index (χ2n) is 4.50. The summed E-state index contributed by atoms with van der Waals surface area (Å²) < 4.78 is 5.59. The largest absolute Gasteiger partial charge is 0.492 e. The normalized spacial score (nSPS) is 10.6. The summed E-state index contributed by atoms with van der Waals surface area (Å²) in [5.74, 6) is 1.12. The number of aryl methyl sites for hydroxylation is 1. The first-order valence-corrected chi connectivity index (χ1v) is 5.94. The Balaban J connectivity index is 2.36. The first-order valence-electron chi connectivity index (χ1n) is 5.94. The highest BCUT2D eigenvalue weighted by Crippen LogP contribution is 2.13. The minimum Gasteiger partial charge on any atom is -0.492 e. The molecule has 0 atom stereocenters. The van der Waals surface area contributed by atoms with Crippen LogP contribution in [0.15, 0.2) is 24.3 Å². The van der Waals surface area contributed by atoms with Crippen LogP contribution in [0.25, 0.3) is 0 Å². The zero-order valence-electron chi connectivity index (χ0n) is 10.9. The predicted octanol–water partition coefficient (Wildman–Crippen LogP) is 2.15. The van der Waals surface area contributed by atoms with Crippen LogP contribution in [0, 0.1) is 0 Å². The second-order valence-corrected chi connectivity index (χ2v) is 4.50. The van der Waals surface area contributed by atoms with Gasteiger partial charge in [0, 0.05) is 13.0 Å². The molecule has 0 aliphatic rings. The molecule has 0 saturated heterocycles. The molecule has 0 spiro atoms. The Kier molecular flexibility index (Phi) is 5.70. The first-order chi connectivity index (χ1) is 8.08. The summed E-state index contributed by atoms with van der Waals surface area (Å²) in [4.78, 5) is 12.9. The topological polar surface area (TPSA) is 29.5 Å². The number of ketones is 1. The lowest BCUT2D eigenvalue weighted by molar-refractivity contribution is -0.116. The van der Waals surface area contributed by atoms with Gasteiger partial charge >= 0.3 is 0 Å². The van der Waals surface area contributed by atoms with E-state index in [0.717, 1.165) is 18.7 Å². The van der Waals surface area contributed by atoms with E-state index in [2.05, 4.69) is 4.90 Å². The number of likely N-dealkylation sites (N-methyl/N-ethyl adjacent to an activating group) is 1. The molecular formula is C14H21NO2. The summed E-state index contributed by atoms with van der Waals surface area (Å²) in [5, 5.41) is 0. The lowest BCUT2D eigenvalue weighted by Crippen LogP contribution is -2.19. The number of carbonyl (C=O) groups is 1. The van der Waals surface area contributed by atoms with Crippen molar-refractivity contribution in [1.82, 2.24) is 4.90 Å². The van der Waals surface area contributed by atoms with Crippen molar-refractivity contribution in [2.75, 3.05) is 27.2 Å². The third-order valence-electron chi connectivity index (χ3n) is 2.50. The quantitative estimate of drug-likeness (QED) is 0.725. The monoisotopic (exact) mass is 235 g/mol. The molecule has 0 amide bonds. The standard InChI is InChI=1S/C14H21NO2/c1-12(16)4-5-13-6-8-14(9-7-13)17-11-10-15(2)3/h6-9H,4-5,10-11H2,1-3H3. The van der Waals surface area contributed by atoms with Crippen LogP contribution < -0.4 is 4.74 Å². The number of rotatable bonds is 7. The SMILES string of the molecule is CC(=O)CCc1ccc(OCCN(C)C)cc1. The Bertz CT molecular complexity index is 344. The van der Waals surface area contributed by atoms with Crippen LogP contribution in [0.5, 0.6) is 5.75 Å². The number of nitrogens with zero attached hydrogens (tertiary/aromatic N) is 1. The number of benzene rings is 1. The zero-order valence-corrected chi connectivity index (χ0v) is 10.9. The molecule has 1 rings (SSSR count). The lowest BCUT2D eigenvalue weighted by atomic mass is 10.1. The average molecular weight is 235 g/mol. The first kappa shape index (κ1) is 13.7. The van der Waals surface area contributed by atoms with Crippen LogP contribution in [-0.2, 0) is 11.2 Å². The molecule has 0 fully saturated rings. The van der Waals surface area contributed by atoms with E-state index in [1.54, 1.807) is 6.92 Å². The van der Waals surface area contributed by atoms with Crippen molar-refractivity contribution in [3.8, 4) is 5.75 Å². The van der Waals surface area contributed by atoms with E-state index in [1.807, 2.05) is 38.4 Å². The molecule has 1 aromatic carbocycles. The molecular weight excluding hydrogens is 214 g/mol. The molecule has 1 aromatic rings. The molecule has 0 aliphatic heterocycles. The molecule has 3 heteroatoms. The molecule has 0 bridgehead atoms. The van der Waals surface area contributed by atoms with Gasteiger partial charge in [-0.3, -0.25) is 0 Å². The Morgan fingerprint density at radius 2 is 1.88 bits per heavy atom. The molecule has 0 radical (unpaired) electrons. The highest BCUT2D eigenvalue weighted by molar-refractivity contribution is 5.75. The van der Waals surface area contributed by atoms with Crippen molar-refractivity contribution in [1.29, 1.82) is 0 Å². The highest BCUT2D eigenvalue weighted by Gasteiger charge is 1.98. The fourth-order valence-corrected chi connectivity index (χ4v) is 1.42. The zero-order chi connectivity index (χ0) is 12.7. The van der Waals surface area contributed by atoms with Crippen LogP contribution in [0.2, 0.25) is 0 Å². The summed E-state index contributed by atoms with van der Waals surface area (Å²) in [6.07, 6.45) is 1.42. The molecule has 0 N–H and O–H groups in total. The number of ether oxygens (including phenoxy) is 1. The Morgan fingerprint density at radius 1 is 1.24 bits per heavy atom. The van der Waals surface area contributed by atoms with Crippen molar-refractivity contribution in [2.24, 2.45) is 0 Å². The van der Waals surface area contributed by atoms with Crippen molar-refractivity contribution in [2.45, 2.75) is 19.8 Å². The summed E-state index contributed by atoms with van der Waals surface area (Å²) >= 11 is 0. The maximum Gasteiger partial charge on any atom is 0.130 e. The molecule has 94 valence electrons. The number of carbonyl (C=O) groups excluding carboxylic acids is 1. The summed E-state index contributed by atoms with van der Waals surface area (Å²) in [6, 6.07) is 7.97. The van der Waals surface area contributed by atoms with E-state index in [9.17, 15) is 4.79 Å². The van der Waals surface area contributed by atoms with E-state index in [4.69, 9.17) is 4.74 Å². The minimum absolute atomic E-state index is 0.233. The van der Waals surface area contributed by atoms with Crippen LogP contribution in [0.4, 0.5) is 0 Å². The van der Waals surface area contributed by atoms with Gasteiger partial charge in [-0.05, 0) is 45.1 Å². The lowest BCUT2D eigenvalue weighted by Gasteiger charge is -2.11. The summed E-state index contributed by atoms with van der Waals surface area (Å²) in [6.45, 7) is 3.23. The molecule has 0 aliphatic carbocycles. The van der Waals surface area contributed by atoms with Crippen LogP contribution >= 0.6 is 0 Å². The second kappa shape index (κ2) is 7.07. The van der Waals surface area contributed by atoms with Gasteiger partial charge in [-0.15, -0.1) is 0 Å².